The molecule has 11 heteroatoms. The number of ether oxygens (including phenoxy) is 3. The molecule has 2 heterocycles. The Kier molecular flexibility index (Phi) is 8.70. The molecule has 0 bridgehead atoms. The third-order valence-corrected chi connectivity index (χ3v) is 6.60. The predicted octanol–water partition coefficient (Wildman–Crippen LogP) is 1.73. The van der Waals surface area contributed by atoms with Crippen molar-refractivity contribution in [1.29, 1.82) is 0 Å². The lowest BCUT2D eigenvalue weighted by Crippen LogP contribution is -2.56. The second kappa shape index (κ2) is 12.0. The van der Waals surface area contributed by atoms with Gasteiger partial charge in [-0.3, -0.25) is 9.59 Å². The lowest BCUT2D eigenvalue weighted by molar-refractivity contribution is -0.239. The number of benzene rings is 2. The molecule has 1 fully saturated rings. The molecule has 4 rings (SSSR count). The Bertz CT molecular complexity index is 1490. The number of hydrogen-bond acceptors (Lipinski definition) is 11. The molecule has 0 radical (unpaired) electrons. The van der Waals surface area contributed by atoms with Crippen molar-refractivity contribution < 1.29 is 48.6 Å². The summed E-state index contributed by atoms with van der Waals surface area (Å²) < 4.78 is 23.1. The lowest BCUT2D eigenvalue weighted by Gasteiger charge is -2.42. The Morgan fingerprint density at radius 1 is 1.10 bits per heavy atom. The number of aromatic hydroxyl groups is 1. The molecular formula is C29H30O11. The second-order valence-electron chi connectivity index (χ2n) is 9.55. The van der Waals surface area contributed by atoms with Crippen LogP contribution in [-0.4, -0.2) is 70.3 Å². The summed E-state index contributed by atoms with van der Waals surface area (Å²) in [5, 5.41) is 41.0. The number of carbonyl (C=O) groups excluding carboxylic acids is 2. The van der Waals surface area contributed by atoms with Crippen LogP contribution in [0.25, 0.3) is 17.0 Å². The number of aliphatic hydroxyl groups excluding tert-OH is 3. The van der Waals surface area contributed by atoms with E-state index < -0.39 is 48.5 Å². The number of aryl methyl sites for hydroxylation is 1. The molecule has 1 saturated heterocycles. The van der Waals surface area contributed by atoms with Gasteiger partial charge in [0.25, 0.3) is 0 Å². The summed E-state index contributed by atoms with van der Waals surface area (Å²) in [5.41, 5.74) is 0.735. The number of carbonyl (C=O) groups is 2. The third kappa shape index (κ3) is 5.92. The van der Waals surface area contributed by atoms with Gasteiger partial charge in [0.2, 0.25) is 0 Å². The standard InChI is InChI=1S/C29H30O11/c1-14-10-20(37-3)24(27-23(14)19(33)12-18(38-27)11-15(2)31)28-29(26(36)25(35)21(13-30)39-28)40-22(34)9-6-16-4-7-17(32)8-5-16/h4-10,12,21,25-26,28-30,32,35-36H,11,13H2,1-3H3/b9-6-/t21-,25-,26+,28+,29-/m1/s1. The molecule has 40 heavy (non-hydrogen) atoms. The van der Waals surface area contributed by atoms with E-state index in [1.165, 1.54) is 38.3 Å². The van der Waals surface area contributed by atoms with E-state index in [0.717, 1.165) is 6.08 Å². The molecule has 0 aliphatic carbocycles. The molecular weight excluding hydrogens is 524 g/mol. The van der Waals surface area contributed by atoms with Crippen LogP contribution in [0.3, 0.4) is 0 Å². The maximum atomic E-state index is 13.1. The van der Waals surface area contributed by atoms with Crippen molar-refractivity contribution in [3.05, 3.63) is 75.1 Å². The maximum absolute atomic E-state index is 13.1. The molecule has 11 nitrogen and oxygen atoms in total. The van der Waals surface area contributed by atoms with Gasteiger partial charge in [0.05, 0.1) is 31.1 Å². The molecule has 3 aromatic rings. The van der Waals surface area contributed by atoms with Gasteiger partial charge >= 0.3 is 5.97 Å². The number of methoxy groups -OCH3 is 1. The van der Waals surface area contributed by atoms with Gasteiger partial charge in [-0.1, -0.05) is 12.1 Å². The summed E-state index contributed by atoms with van der Waals surface area (Å²) in [6.07, 6.45) is -5.15. The van der Waals surface area contributed by atoms with Crippen LogP contribution in [0.5, 0.6) is 11.5 Å². The average Bonchev–Trinajstić information content (AvgIpc) is 2.90. The van der Waals surface area contributed by atoms with Crippen molar-refractivity contribution >= 4 is 28.8 Å². The molecule has 1 aliphatic rings. The van der Waals surface area contributed by atoms with Gasteiger partial charge in [-0.2, -0.15) is 0 Å². The minimum Gasteiger partial charge on any atom is -0.508 e. The fourth-order valence-corrected chi connectivity index (χ4v) is 4.71. The van der Waals surface area contributed by atoms with Crippen LogP contribution in [0.2, 0.25) is 0 Å². The van der Waals surface area contributed by atoms with E-state index in [9.17, 15) is 34.8 Å². The first-order valence-electron chi connectivity index (χ1n) is 12.5. The molecule has 1 aliphatic heterocycles. The number of Topliss-reactive ketones (excluding diaryl/α,β-unsaturated/α-hetero) is 1. The second-order valence-corrected chi connectivity index (χ2v) is 9.55. The highest BCUT2D eigenvalue weighted by atomic mass is 16.6. The first-order chi connectivity index (χ1) is 19.0. The zero-order valence-electron chi connectivity index (χ0n) is 22.1. The zero-order valence-corrected chi connectivity index (χ0v) is 22.1. The van der Waals surface area contributed by atoms with Gasteiger partial charge in [-0.25, -0.2) is 4.79 Å². The molecule has 2 aromatic carbocycles. The molecule has 5 atom stereocenters. The maximum Gasteiger partial charge on any atom is 0.331 e. The Morgan fingerprint density at radius 3 is 2.42 bits per heavy atom. The summed E-state index contributed by atoms with van der Waals surface area (Å²) in [7, 11) is 1.36. The van der Waals surface area contributed by atoms with E-state index >= 15 is 0 Å². The van der Waals surface area contributed by atoms with Gasteiger partial charge in [-0.15, -0.1) is 0 Å². The highest BCUT2D eigenvalue weighted by Gasteiger charge is 2.49. The minimum absolute atomic E-state index is 0.00781. The van der Waals surface area contributed by atoms with Crippen LogP contribution in [-0.2, 0) is 25.5 Å². The summed E-state index contributed by atoms with van der Waals surface area (Å²) in [6.45, 7) is 2.33. The van der Waals surface area contributed by atoms with Crippen molar-refractivity contribution in [3.63, 3.8) is 0 Å². The monoisotopic (exact) mass is 554 g/mol. The van der Waals surface area contributed by atoms with E-state index in [1.807, 2.05) is 0 Å². The first kappa shape index (κ1) is 29.0. The van der Waals surface area contributed by atoms with Crippen molar-refractivity contribution in [2.45, 2.75) is 50.8 Å². The van der Waals surface area contributed by atoms with Gasteiger partial charge in [-0.05, 0) is 49.2 Å². The molecule has 212 valence electrons. The number of ketones is 1. The van der Waals surface area contributed by atoms with Crippen molar-refractivity contribution in [3.8, 4) is 11.5 Å². The molecule has 0 amide bonds. The fourth-order valence-electron chi connectivity index (χ4n) is 4.71. The van der Waals surface area contributed by atoms with Gasteiger partial charge in [0.1, 0.15) is 53.0 Å². The van der Waals surface area contributed by atoms with E-state index in [2.05, 4.69) is 0 Å². The van der Waals surface area contributed by atoms with Crippen LogP contribution in [0, 0.1) is 6.92 Å². The van der Waals surface area contributed by atoms with Crippen LogP contribution in [0.15, 0.2) is 51.7 Å². The zero-order chi connectivity index (χ0) is 29.1. The van der Waals surface area contributed by atoms with Crippen LogP contribution >= 0.6 is 0 Å². The highest BCUT2D eigenvalue weighted by molar-refractivity contribution is 5.88. The van der Waals surface area contributed by atoms with Crippen LogP contribution in [0.1, 0.15) is 35.5 Å². The van der Waals surface area contributed by atoms with Crippen molar-refractivity contribution in [2.75, 3.05) is 13.7 Å². The Hall–Kier alpha value is -4.03. The predicted molar refractivity (Wildman–Crippen MR) is 142 cm³/mol. The molecule has 0 unspecified atom stereocenters. The summed E-state index contributed by atoms with van der Waals surface area (Å²) >= 11 is 0. The number of rotatable bonds is 8. The van der Waals surface area contributed by atoms with E-state index in [4.69, 9.17) is 18.6 Å². The van der Waals surface area contributed by atoms with Gasteiger partial charge in [0, 0.05) is 12.1 Å². The minimum atomic E-state index is -1.71. The number of phenols is 1. The fraction of sp³-hybridized carbons (Fsp3) is 0.345. The lowest BCUT2D eigenvalue weighted by atomic mass is 9.89. The molecule has 1 aromatic heterocycles. The summed E-state index contributed by atoms with van der Waals surface area (Å²) in [4.78, 5) is 37.7. The molecule has 0 saturated carbocycles. The van der Waals surface area contributed by atoms with Gasteiger partial charge in [0.15, 0.2) is 11.5 Å². The van der Waals surface area contributed by atoms with E-state index in [0.29, 0.717) is 11.1 Å². The number of hydrogen-bond donors (Lipinski definition) is 4. The summed E-state index contributed by atoms with van der Waals surface area (Å²) in [5.74, 6) is -0.841. The van der Waals surface area contributed by atoms with Crippen molar-refractivity contribution in [1.82, 2.24) is 0 Å². The normalized spacial score (nSPS) is 22.9. The highest BCUT2D eigenvalue weighted by Crippen LogP contribution is 2.43. The largest absolute Gasteiger partial charge is 0.508 e. The third-order valence-electron chi connectivity index (χ3n) is 6.60. The number of phenolic OH excluding ortho intramolecular Hbond substituents is 1. The Morgan fingerprint density at radius 2 is 1.80 bits per heavy atom. The Balaban J connectivity index is 1.83. The molecule has 0 spiro atoms. The number of esters is 1. The van der Waals surface area contributed by atoms with E-state index in [-0.39, 0.29) is 46.0 Å². The first-order valence-corrected chi connectivity index (χ1v) is 12.5. The number of aliphatic hydroxyl groups is 3. The van der Waals surface area contributed by atoms with E-state index in [1.54, 1.807) is 25.1 Å². The van der Waals surface area contributed by atoms with Crippen LogP contribution in [0.4, 0.5) is 0 Å². The smallest absolute Gasteiger partial charge is 0.331 e. The summed E-state index contributed by atoms with van der Waals surface area (Å²) in [6, 6.07) is 8.79. The van der Waals surface area contributed by atoms with Crippen molar-refractivity contribution in [2.24, 2.45) is 0 Å². The Labute approximate surface area is 228 Å². The van der Waals surface area contributed by atoms with Crippen LogP contribution < -0.4 is 10.2 Å². The average molecular weight is 555 g/mol. The topological polar surface area (TPSA) is 173 Å². The number of fused-ring (bicyclic) bond motifs is 1. The molecule has 4 N–H and O–H groups in total. The van der Waals surface area contributed by atoms with Gasteiger partial charge < -0.3 is 39.1 Å². The quantitative estimate of drug-likeness (QED) is 0.236. The SMILES string of the molecule is COc1cc(C)c2c(=O)cc(CC(C)=O)oc2c1[C@@H]1O[C@H](CO)[C@@H](O)[C@H](O)[C@H]1OC(=O)/C=C\c1ccc(O)cc1.